The second-order valence-electron chi connectivity index (χ2n) is 5.67. The third kappa shape index (κ3) is 3.48. The molecule has 1 atom stereocenters. The molecule has 0 amide bonds. The van der Waals surface area contributed by atoms with Gasteiger partial charge in [-0.3, -0.25) is 0 Å². The van der Waals surface area contributed by atoms with E-state index in [-0.39, 0.29) is 0 Å². The van der Waals surface area contributed by atoms with Gasteiger partial charge in [-0.05, 0) is 62.8 Å². The predicted molar refractivity (Wildman–Crippen MR) is 83.5 cm³/mol. The van der Waals surface area contributed by atoms with Gasteiger partial charge in [-0.2, -0.15) is 0 Å². The first-order valence-corrected chi connectivity index (χ1v) is 7.72. The minimum absolute atomic E-state index is 0.421. The molecule has 2 rings (SSSR count). The Morgan fingerprint density at radius 2 is 1.84 bits per heavy atom. The molecule has 1 N–H and O–H groups in total. The van der Waals surface area contributed by atoms with Crippen molar-refractivity contribution in [2.24, 2.45) is 0 Å². The average Bonchev–Trinajstić information content (AvgIpc) is 2.66. The van der Waals surface area contributed by atoms with Gasteiger partial charge in [0.1, 0.15) is 0 Å². The van der Waals surface area contributed by atoms with E-state index in [1.807, 2.05) is 0 Å². The molecule has 0 aromatic heterocycles. The van der Waals surface area contributed by atoms with Crippen LogP contribution in [0.3, 0.4) is 0 Å². The Labute approximate surface area is 118 Å². The summed E-state index contributed by atoms with van der Waals surface area (Å²) in [7, 11) is 0. The lowest BCUT2D eigenvalue weighted by Gasteiger charge is -2.25. The Kier molecular flexibility index (Phi) is 5.21. The van der Waals surface area contributed by atoms with Crippen molar-refractivity contribution in [1.29, 1.82) is 0 Å². The molecule has 1 aliphatic carbocycles. The van der Waals surface area contributed by atoms with Crippen molar-refractivity contribution < 1.29 is 0 Å². The molecule has 0 fully saturated rings. The number of hydrogen-bond donors (Lipinski definition) is 1. The van der Waals surface area contributed by atoms with Gasteiger partial charge in [0.25, 0.3) is 0 Å². The molecule has 1 nitrogen and oxygen atoms in total. The van der Waals surface area contributed by atoms with E-state index in [0.717, 1.165) is 6.54 Å². The molecule has 0 saturated heterocycles. The Hall–Kier alpha value is -1.08. The highest BCUT2D eigenvalue weighted by molar-refractivity contribution is 5.40. The van der Waals surface area contributed by atoms with E-state index in [0.29, 0.717) is 6.04 Å². The first-order chi connectivity index (χ1) is 9.24. The summed E-state index contributed by atoms with van der Waals surface area (Å²) in [4.78, 5) is 0. The Balaban J connectivity index is 2.36. The number of benzene rings is 1. The molecule has 104 valence electrons. The van der Waals surface area contributed by atoms with E-state index >= 15 is 0 Å². The van der Waals surface area contributed by atoms with Crippen LogP contribution in [-0.4, -0.2) is 6.54 Å². The number of allylic oxidation sites excluding steroid dienone is 1. The van der Waals surface area contributed by atoms with Crippen LogP contribution in [0, 0.1) is 13.8 Å². The normalized spacial score (nSPS) is 17.7. The maximum atomic E-state index is 3.71. The lowest BCUT2D eigenvalue weighted by molar-refractivity contribution is 0.585. The topological polar surface area (TPSA) is 12.0 Å². The summed E-state index contributed by atoms with van der Waals surface area (Å²) in [6.45, 7) is 7.71. The standard InChI is InChI=1S/C18H27N/c1-4-19-18(16-12-7-5-6-8-13-16)17-14(2)10-9-11-15(17)3/h9-12,18-19H,4-8,13H2,1-3H3. The quantitative estimate of drug-likeness (QED) is 0.761. The number of rotatable bonds is 4. The van der Waals surface area contributed by atoms with Crippen molar-refractivity contribution in [3.63, 3.8) is 0 Å². The van der Waals surface area contributed by atoms with Crippen LogP contribution in [0.4, 0.5) is 0 Å². The molecule has 0 aliphatic heterocycles. The van der Waals surface area contributed by atoms with Crippen LogP contribution >= 0.6 is 0 Å². The van der Waals surface area contributed by atoms with Crippen LogP contribution in [0.1, 0.15) is 61.8 Å². The first kappa shape index (κ1) is 14.3. The fraction of sp³-hybridized carbons (Fsp3) is 0.556. The minimum Gasteiger partial charge on any atom is -0.307 e. The van der Waals surface area contributed by atoms with Crippen molar-refractivity contribution in [2.75, 3.05) is 6.54 Å². The molecule has 19 heavy (non-hydrogen) atoms. The molecule has 1 aromatic carbocycles. The second kappa shape index (κ2) is 6.91. The zero-order chi connectivity index (χ0) is 13.7. The fourth-order valence-corrected chi connectivity index (χ4v) is 3.21. The molecule has 1 aliphatic rings. The third-order valence-corrected chi connectivity index (χ3v) is 4.19. The Morgan fingerprint density at radius 3 is 2.53 bits per heavy atom. The smallest absolute Gasteiger partial charge is 0.0541 e. The Bertz CT molecular complexity index is 425. The molecule has 0 radical (unpaired) electrons. The van der Waals surface area contributed by atoms with Crippen LogP contribution < -0.4 is 5.32 Å². The van der Waals surface area contributed by atoms with Gasteiger partial charge in [-0.1, -0.05) is 43.2 Å². The molecule has 1 aromatic rings. The minimum atomic E-state index is 0.421. The van der Waals surface area contributed by atoms with Gasteiger partial charge in [0.05, 0.1) is 6.04 Å². The molecule has 0 spiro atoms. The van der Waals surface area contributed by atoms with E-state index in [9.17, 15) is 0 Å². The largest absolute Gasteiger partial charge is 0.307 e. The molecular formula is C18H27N. The van der Waals surface area contributed by atoms with Crippen molar-refractivity contribution in [2.45, 2.75) is 58.9 Å². The monoisotopic (exact) mass is 257 g/mol. The summed E-state index contributed by atoms with van der Waals surface area (Å²) in [5.74, 6) is 0. The maximum Gasteiger partial charge on any atom is 0.0541 e. The lowest BCUT2D eigenvalue weighted by Crippen LogP contribution is -2.24. The van der Waals surface area contributed by atoms with Crippen molar-refractivity contribution in [3.05, 3.63) is 46.5 Å². The zero-order valence-electron chi connectivity index (χ0n) is 12.6. The van der Waals surface area contributed by atoms with Gasteiger partial charge in [-0.15, -0.1) is 0 Å². The first-order valence-electron chi connectivity index (χ1n) is 7.72. The highest BCUT2D eigenvalue weighted by Gasteiger charge is 2.19. The number of likely N-dealkylation sites (N-methyl/N-ethyl adjacent to an activating group) is 1. The molecule has 0 heterocycles. The lowest BCUT2D eigenvalue weighted by atomic mass is 9.89. The summed E-state index contributed by atoms with van der Waals surface area (Å²) >= 11 is 0. The summed E-state index contributed by atoms with van der Waals surface area (Å²) in [6.07, 6.45) is 9.08. The SMILES string of the molecule is CCNC(C1=CCCCCC1)c1c(C)cccc1C. The molecular weight excluding hydrogens is 230 g/mol. The molecule has 1 heteroatoms. The van der Waals surface area contributed by atoms with Crippen molar-refractivity contribution in [1.82, 2.24) is 5.32 Å². The van der Waals surface area contributed by atoms with E-state index in [1.54, 1.807) is 5.57 Å². The van der Waals surface area contributed by atoms with E-state index in [4.69, 9.17) is 0 Å². The third-order valence-electron chi connectivity index (χ3n) is 4.19. The van der Waals surface area contributed by atoms with Crippen molar-refractivity contribution >= 4 is 0 Å². The van der Waals surface area contributed by atoms with Gasteiger partial charge < -0.3 is 5.32 Å². The van der Waals surface area contributed by atoms with Gasteiger partial charge in [0.2, 0.25) is 0 Å². The Morgan fingerprint density at radius 1 is 1.11 bits per heavy atom. The predicted octanol–water partition coefficient (Wildman–Crippen LogP) is 4.84. The van der Waals surface area contributed by atoms with Crippen molar-refractivity contribution in [3.8, 4) is 0 Å². The average molecular weight is 257 g/mol. The summed E-state index contributed by atoms with van der Waals surface area (Å²) in [5, 5.41) is 3.71. The van der Waals surface area contributed by atoms with Crippen LogP contribution in [-0.2, 0) is 0 Å². The van der Waals surface area contributed by atoms with Gasteiger partial charge in [0, 0.05) is 0 Å². The van der Waals surface area contributed by atoms with Crippen LogP contribution in [0.15, 0.2) is 29.8 Å². The molecule has 1 unspecified atom stereocenters. The van der Waals surface area contributed by atoms with Gasteiger partial charge in [0.15, 0.2) is 0 Å². The van der Waals surface area contributed by atoms with Gasteiger partial charge in [-0.25, -0.2) is 0 Å². The maximum absolute atomic E-state index is 3.71. The highest BCUT2D eigenvalue weighted by atomic mass is 14.9. The zero-order valence-corrected chi connectivity index (χ0v) is 12.6. The number of aryl methyl sites for hydroxylation is 2. The van der Waals surface area contributed by atoms with Gasteiger partial charge >= 0.3 is 0 Å². The van der Waals surface area contributed by atoms with Crippen LogP contribution in [0.25, 0.3) is 0 Å². The summed E-state index contributed by atoms with van der Waals surface area (Å²) in [6, 6.07) is 7.07. The van der Waals surface area contributed by atoms with E-state index < -0.39 is 0 Å². The van der Waals surface area contributed by atoms with E-state index in [2.05, 4.69) is 50.4 Å². The van der Waals surface area contributed by atoms with Crippen LogP contribution in [0.5, 0.6) is 0 Å². The summed E-state index contributed by atoms with van der Waals surface area (Å²) < 4.78 is 0. The highest BCUT2D eigenvalue weighted by Crippen LogP contribution is 2.32. The summed E-state index contributed by atoms with van der Waals surface area (Å²) in [5.41, 5.74) is 5.93. The fourth-order valence-electron chi connectivity index (χ4n) is 3.21. The van der Waals surface area contributed by atoms with Crippen LogP contribution in [0.2, 0.25) is 0 Å². The second-order valence-corrected chi connectivity index (χ2v) is 5.67. The number of nitrogens with one attached hydrogen (secondary N) is 1. The number of hydrogen-bond acceptors (Lipinski definition) is 1. The molecule has 0 saturated carbocycles. The van der Waals surface area contributed by atoms with E-state index in [1.165, 1.54) is 48.8 Å². The molecule has 0 bridgehead atoms.